The molecule has 1 aliphatic carbocycles. The molecule has 4 nitrogen and oxygen atoms in total. The molecule has 0 aromatic carbocycles. The maximum atomic E-state index is 11.3. The number of fused-ring (bicyclic) bond motifs is 1. The first-order chi connectivity index (χ1) is 9.54. The van der Waals surface area contributed by atoms with Crippen LogP contribution in [0.2, 0.25) is 0 Å². The molecule has 1 aliphatic rings. The Labute approximate surface area is 121 Å². The Morgan fingerprint density at radius 3 is 2.95 bits per heavy atom. The number of rotatable bonds is 4. The monoisotopic (exact) mass is 291 g/mol. The Hall–Kier alpha value is -1.62. The van der Waals surface area contributed by atoms with Crippen LogP contribution in [0.15, 0.2) is 10.5 Å². The van der Waals surface area contributed by atoms with Gasteiger partial charge in [0.25, 0.3) is 0 Å². The number of hydrogen-bond acceptors (Lipinski definition) is 4. The molecular weight excluding hydrogens is 274 g/mol. The van der Waals surface area contributed by atoms with Crippen LogP contribution >= 0.6 is 11.3 Å². The smallest absolute Gasteiger partial charge is 0.373 e. The van der Waals surface area contributed by atoms with Gasteiger partial charge in [-0.2, -0.15) is 0 Å². The van der Waals surface area contributed by atoms with Gasteiger partial charge in [-0.1, -0.05) is 13.8 Å². The summed E-state index contributed by atoms with van der Waals surface area (Å²) >= 11 is 1.68. The van der Waals surface area contributed by atoms with E-state index in [0.717, 1.165) is 17.7 Å². The van der Waals surface area contributed by atoms with Gasteiger partial charge in [0.2, 0.25) is 11.7 Å². The SMILES string of the molecule is CC(C)Cc1nc(-c2cc3c(s2)CCC3)oc1C(=O)O. The van der Waals surface area contributed by atoms with Gasteiger partial charge in [-0.25, -0.2) is 9.78 Å². The van der Waals surface area contributed by atoms with E-state index >= 15 is 0 Å². The van der Waals surface area contributed by atoms with Gasteiger partial charge < -0.3 is 9.52 Å². The van der Waals surface area contributed by atoms with Gasteiger partial charge >= 0.3 is 5.97 Å². The summed E-state index contributed by atoms with van der Waals surface area (Å²) in [7, 11) is 0. The minimum Gasteiger partial charge on any atom is -0.475 e. The largest absolute Gasteiger partial charge is 0.475 e. The second-order valence-corrected chi connectivity index (χ2v) is 6.75. The van der Waals surface area contributed by atoms with Gasteiger partial charge in [-0.05, 0) is 43.2 Å². The highest BCUT2D eigenvalue weighted by Crippen LogP contribution is 2.37. The third-order valence-corrected chi connectivity index (χ3v) is 4.68. The highest BCUT2D eigenvalue weighted by atomic mass is 32.1. The van der Waals surface area contributed by atoms with E-state index in [-0.39, 0.29) is 5.76 Å². The fourth-order valence-electron chi connectivity index (χ4n) is 2.58. The van der Waals surface area contributed by atoms with E-state index in [4.69, 9.17) is 4.42 Å². The third-order valence-electron chi connectivity index (χ3n) is 3.45. The maximum absolute atomic E-state index is 11.3. The fourth-order valence-corrected chi connectivity index (χ4v) is 3.76. The molecule has 1 N–H and O–H groups in total. The summed E-state index contributed by atoms with van der Waals surface area (Å²) in [5.74, 6) is -0.248. The lowest BCUT2D eigenvalue weighted by Crippen LogP contribution is -2.03. The Balaban J connectivity index is 1.98. The van der Waals surface area contributed by atoms with Crippen LogP contribution in [0.25, 0.3) is 10.8 Å². The molecule has 0 unspecified atom stereocenters. The summed E-state index contributed by atoms with van der Waals surface area (Å²) < 4.78 is 5.50. The summed E-state index contributed by atoms with van der Waals surface area (Å²) in [4.78, 5) is 18.0. The number of hydrogen-bond donors (Lipinski definition) is 1. The molecule has 20 heavy (non-hydrogen) atoms. The van der Waals surface area contributed by atoms with E-state index in [2.05, 4.69) is 11.1 Å². The summed E-state index contributed by atoms with van der Waals surface area (Å²) in [5.41, 5.74) is 1.92. The van der Waals surface area contributed by atoms with Crippen LogP contribution in [-0.4, -0.2) is 16.1 Å². The van der Waals surface area contributed by atoms with Crippen molar-refractivity contribution in [1.82, 2.24) is 4.98 Å². The van der Waals surface area contributed by atoms with Crippen molar-refractivity contribution in [2.45, 2.75) is 39.5 Å². The second kappa shape index (κ2) is 5.05. The normalized spacial score (nSPS) is 13.9. The number of nitrogens with zero attached hydrogens (tertiary/aromatic N) is 1. The van der Waals surface area contributed by atoms with Gasteiger partial charge in [-0.15, -0.1) is 11.3 Å². The predicted octanol–water partition coefficient (Wildman–Crippen LogP) is 3.79. The molecule has 0 fully saturated rings. The molecule has 0 aliphatic heterocycles. The van der Waals surface area contributed by atoms with Crippen molar-refractivity contribution in [1.29, 1.82) is 0 Å². The van der Waals surface area contributed by atoms with Gasteiger partial charge in [-0.3, -0.25) is 0 Å². The Bertz CT molecular complexity index is 633. The number of aromatic carboxylic acids is 1. The van der Waals surface area contributed by atoms with Crippen molar-refractivity contribution in [2.24, 2.45) is 5.92 Å². The van der Waals surface area contributed by atoms with Crippen molar-refractivity contribution in [3.63, 3.8) is 0 Å². The highest BCUT2D eigenvalue weighted by Gasteiger charge is 2.23. The summed E-state index contributed by atoms with van der Waals surface area (Å²) in [5, 5.41) is 9.23. The van der Waals surface area contributed by atoms with E-state index < -0.39 is 5.97 Å². The van der Waals surface area contributed by atoms with Crippen LogP contribution in [-0.2, 0) is 19.3 Å². The summed E-state index contributed by atoms with van der Waals surface area (Å²) in [6.45, 7) is 4.08. The molecule has 0 amide bonds. The number of carboxylic acid groups (broad SMARTS) is 1. The van der Waals surface area contributed by atoms with Gasteiger partial charge in [0.1, 0.15) is 0 Å². The summed E-state index contributed by atoms with van der Waals surface area (Å²) in [6.07, 6.45) is 4.06. The van der Waals surface area contributed by atoms with Crippen LogP contribution in [0.3, 0.4) is 0 Å². The number of carbonyl (C=O) groups is 1. The number of thiophene rings is 1. The Morgan fingerprint density at radius 2 is 2.30 bits per heavy atom. The fraction of sp³-hybridized carbons (Fsp3) is 0.467. The lowest BCUT2D eigenvalue weighted by Gasteiger charge is -1.99. The topological polar surface area (TPSA) is 63.3 Å². The molecule has 0 radical (unpaired) electrons. The van der Waals surface area contributed by atoms with Crippen molar-refractivity contribution in [2.75, 3.05) is 0 Å². The van der Waals surface area contributed by atoms with E-state index in [1.165, 1.54) is 16.9 Å². The van der Waals surface area contributed by atoms with Gasteiger partial charge in [0.15, 0.2) is 0 Å². The van der Waals surface area contributed by atoms with E-state index in [1.807, 2.05) is 13.8 Å². The first-order valence-electron chi connectivity index (χ1n) is 6.89. The Kier molecular flexibility index (Phi) is 3.38. The molecule has 5 heteroatoms. The van der Waals surface area contributed by atoms with Crippen LogP contribution in [0.4, 0.5) is 0 Å². The zero-order valence-corrected chi connectivity index (χ0v) is 12.4. The van der Waals surface area contributed by atoms with Crippen LogP contribution in [0.1, 0.15) is 47.0 Å². The molecule has 2 aromatic heterocycles. The standard InChI is InChI=1S/C15H17NO3S/c1-8(2)6-10-13(15(17)18)19-14(16-10)12-7-9-4-3-5-11(9)20-12/h7-8H,3-6H2,1-2H3,(H,17,18). The molecule has 0 spiro atoms. The first-order valence-corrected chi connectivity index (χ1v) is 7.71. The minimum absolute atomic E-state index is 0.0118. The maximum Gasteiger partial charge on any atom is 0.373 e. The second-order valence-electron chi connectivity index (χ2n) is 5.61. The number of aromatic nitrogens is 1. The van der Waals surface area contributed by atoms with E-state index in [9.17, 15) is 9.90 Å². The molecule has 2 heterocycles. The van der Waals surface area contributed by atoms with Crippen LogP contribution in [0, 0.1) is 5.92 Å². The molecule has 0 atom stereocenters. The molecule has 0 saturated carbocycles. The highest BCUT2D eigenvalue weighted by molar-refractivity contribution is 7.15. The lowest BCUT2D eigenvalue weighted by atomic mass is 10.1. The van der Waals surface area contributed by atoms with E-state index in [0.29, 0.717) is 23.9 Å². The Morgan fingerprint density at radius 1 is 1.50 bits per heavy atom. The minimum atomic E-state index is -1.04. The molecule has 106 valence electrons. The number of oxazole rings is 1. The van der Waals surface area contributed by atoms with Crippen molar-refractivity contribution in [3.05, 3.63) is 28.0 Å². The first kappa shape index (κ1) is 13.4. The van der Waals surface area contributed by atoms with Crippen molar-refractivity contribution < 1.29 is 14.3 Å². The van der Waals surface area contributed by atoms with E-state index in [1.54, 1.807) is 11.3 Å². The van der Waals surface area contributed by atoms with Crippen molar-refractivity contribution >= 4 is 17.3 Å². The summed E-state index contributed by atoms with van der Waals surface area (Å²) in [6, 6.07) is 2.10. The molecule has 0 saturated heterocycles. The average molecular weight is 291 g/mol. The van der Waals surface area contributed by atoms with Crippen molar-refractivity contribution in [3.8, 4) is 10.8 Å². The van der Waals surface area contributed by atoms with Crippen LogP contribution in [0.5, 0.6) is 0 Å². The molecule has 0 bridgehead atoms. The molecule has 3 rings (SSSR count). The zero-order valence-electron chi connectivity index (χ0n) is 11.6. The molecular formula is C15H17NO3S. The lowest BCUT2D eigenvalue weighted by molar-refractivity contribution is 0.0661. The third kappa shape index (κ3) is 2.38. The number of carboxylic acids is 1. The van der Waals surface area contributed by atoms with Gasteiger partial charge in [0, 0.05) is 4.88 Å². The van der Waals surface area contributed by atoms with Crippen LogP contribution < -0.4 is 0 Å². The van der Waals surface area contributed by atoms with Gasteiger partial charge in [0.05, 0.1) is 10.6 Å². The molecule has 2 aromatic rings. The average Bonchev–Trinajstić information content (AvgIpc) is 2.98. The zero-order chi connectivity index (χ0) is 14.3. The predicted molar refractivity (Wildman–Crippen MR) is 77.3 cm³/mol. The number of aryl methyl sites for hydroxylation is 2. The quantitative estimate of drug-likeness (QED) is 0.931.